The van der Waals surface area contributed by atoms with E-state index < -0.39 is 6.10 Å². The Morgan fingerprint density at radius 2 is 2.26 bits per heavy atom. The minimum absolute atomic E-state index is 0.144. The Balaban J connectivity index is 2.09. The number of carbonyl (C=O) groups excluding carboxylic acids is 1. The van der Waals surface area contributed by atoms with Crippen LogP contribution in [0.1, 0.15) is 44.8 Å². The lowest BCUT2D eigenvalue weighted by Gasteiger charge is -2.19. The third kappa shape index (κ3) is 3.44. The van der Waals surface area contributed by atoms with Crippen molar-refractivity contribution in [3.63, 3.8) is 0 Å². The third-order valence-corrected chi connectivity index (χ3v) is 3.63. The zero-order valence-electron chi connectivity index (χ0n) is 11.5. The smallest absolute Gasteiger partial charge is 0.163 e. The number of hydrogen-bond donors (Lipinski definition) is 2. The summed E-state index contributed by atoms with van der Waals surface area (Å²) >= 11 is 0. The monoisotopic (exact) mass is 259 g/mol. The molecule has 0 bridgehead atoms. The molecule has 102 valence electrons. The van der Waals surface area contributed by atoms with Crippen molar-refractivity contribution in [2.75, 3.05) is 5.32 Å². The van der Waals surface area contributed by atoms with Gasteiger partial charge in [0.25, 0.3) is 0 Å². The lowest BCUT2D eigenvalue weighted by atomic mass is 9.86. The summed E-state index contributed by atoms with van der Waals surface area (Å²) in [6.07, 6.45) is 4.26. The quantitative estimate of drug-likeness (QED) is 0.818. The Bertz CT molecular complexity index is 491. The van der Waals surface area contributed by atoms with Crippen LogP contribution in [0.3, 0.4) is 0 Å². The van der Waals surface area contributed by atoms with E-state index in [9.17, 15) is 9.90 Å². The van der Waals surface area contributed by atoms with Crippen LogP contribution in [-0.2, 0) is 4.79 Å². The van der Waals surface area contributed by atoms with Crippen LogP contribution in [-0.4, -0.2) is 10.9 Å². The number of rotatable bonds is 3. The highest BCUT2D eigenvalue weighted by Gasteiger charge is 2.22. The zero-order valence-corrected chi connectivity index (χ0v) is 11.5. The standard InChI is InChI=1S/C16H21NO2/c1-11-5-3-7-14(16(11)19)10-17-15-8-4-6-13(9-15)12(2)18/h4,6,8-12,17-18H,3,5,7H2,1-2H3/b14-10-/t11-,12+/m0/s1. The molecule has 0 aromatic heterocycles. The van der Waals surface area contributed by atoms with Crippen LogP contribution >= 0.6 is 0 Å². The Kier molecular flexibility index (Phi) is 4.38. The molecule has 1 fully saturated rings. The lowest BCUT2D eigenvalue weighted by molar-refractivity contribution is -0.119. The zero-order chi connectivity index (χ0) is 13.8. The first-order valence-electron chi connectivity index (χ1n) is 6.85. The van der Waals surface area contributed by atoms with Gasteiger partial charge in [0.15, 0.2) is 5.78 Å². The first-order chi connectivity index (χ1) is 9.08. The van der Waals surface area contributed by atoms with E-state index in [4.69, 9.17) is 0 Å². The number of Topliss-reactive ketones (excluding diaryl/α,β-unsaturated/α-hetero) is 1. The van der Waals surface area contributed by atoms with E-state index in [2.05, 4.69) is 5.32 Å². The molecular formula is C16H21NO2. The molecule has 0 saturated heterocycles. The van der Waals surface area contributed by atoms with Crippen molar-refractivity contribution in [1.82, 2.24) is 0 Å². The molecule has 0 spiro atoms. The first-order valence-corrected chi connectivity index (χ1v) is 6.85. The summed E-state index contributed by atoms with van der Waals surface area (Å²) in [6.45, 7) is 3.73. The van der Waals surface area contributed by atoms with E-state index in [-0.39, 0.29) is 11.7 Å². The summed E-state index contributed by atoms with van der Waals surface area (Å²) in [5.74, 6) is 0.399. The van der Waals surface area contributed by atoms with Crippen LogP contribution in [0, 0.1) is 5.92 Å². The third-order valence-electron chi connectivity index (χ3n) is 3.63. The highest BCUT2D eigenvalue weighted by molar-refractivity contribution is 5.97. The SMILES string of the molecule is C[C@H]1CCC/C(=C/Nc2cccc([C@@H](C)O)c2)C1=O. The number of nitrogens with one attached hydrogen (secondary N) is 1. The summed E-state index contributed by atoms with van der Waals surface area (Å²) in [5, 5.41) is 12.7. The van der Waals surface area contributed by atoms with Crippen molar-refractivity contribution < 1.29 is 9.90 Å². The Morgan fingerprint density at radius 3 is 3.00 bits per heavy atom. The van der Waals surface area contributed by atoms with Gasteiger partial charge in [-0.1, -0.05) is 19.1 Å². The average molecular weight is 259 g/mol. The molecule has 1 aliphatic rings. The molecule has 0 amide bonds. The van der Waals surface area contributed by atoms with Crippen molar-refractivity contribution in [2.45, 2.75) is 39.2 Å². The summed E-state index contributed by atoms with van der Waals surface area (Å²) in [6, 6.07) is 7.61. The Morgan fingerprint density at radius 1 is 1.47 bits per heavy atom. The Labute approximate surface area is 114 Å². The molecule has 1 aromatic rings. The molecule has 0 unspecified atom stereocenters. The number of ketones is 1. The second kappa shape index (κ2) is 6.02. The summed E-state index contributed by atoms with van der Waals surface area (Å²) in [5.41, 5.74) is 2.64. The van der Waals surface area contributed by atoms with Crippen molar-refractivity contribution in [3.8, 4) is 0 Å². The number of benzene rings is 1. The van der Waals surface area contributed by atoms with Gasteiger partial charge in [-0.05, 0) is 43.9 Å². The molecule has 0 heterocycles. The van der Waals surface area contributed by atoms with Gasteiger partial charge in [-0.25, -0.2) is 0 Å². The van der Waals surface area contributed by atoms with Crippen LogP contribution in [0.4, 0.5) is 5.69 Å². The van der Waals surface area contributed by atoms with Gasteiger partial charge in [0, 0.05) is 23.4 Å². The second-order valence-electron chi connectivity index (χ2n) is 5.27. The molecule has 1 aliphatic carbocycles. The fourth-order valence-corrected chi connectivity index (χ4v) is 2.37. The molecule has 3 heteroatoms. The van der Waals surface area contributed by atoms with E-state index in [1.54, 1.807) is 6.92 Å². The molecule has 1 aromatic carbocycles. The minimum atomic E-state index is -0.481. The number of aliphatic hydroxyl groups is 1. The van der Waals surface area contributed by atoms with Crippen LogP contribution in [0.25, 0.3) is 0 Å². The predicted octanol–water partition coefficient (Wildman–Crippen LogP) is 3.42. The van der Waals surface area contributed by atoms with Crippen molar-refractivity contribution in [1.29, 1.82) is 0 Å². The number of allylic oxidation sites excluding steroid dienone is 1. The van der Waals surface area contributed by atoms with E-state index in [1.807, 2.05) is 37.4 Å². The number of carbonyl (C=O) groups is 1. The molecule has 0 radical (unpaired) electrons. The molecule has 2 atom stereocenters. The van der Waals surface area contributed by atoms with E-state index in [0.717, 1.165) is 36.1 Å². The minimum Gasteiger partial charge on any atom is -0.389 e. The number of aliphatic hydroxyl groups excluding tert-OH is 1. The van der Waals surface area contributed by atoms with E-state index in [1.165, 1.54) is 0 Å². The van der Waals surface area contributed by atoms with Crippen molar-refractivity contribution >= 4 is 11.5 Å². The predicted molar refractivity (Wildman–Crippen MR) is 76.8 cm³/mol. The van der Waals surface area contributed by atoms with Gasteiger partial charge in [-0.15, -0.1) is 0 Å². The maximum Gasteiger partial charge on any atom is 0.163 e. The highest BCUT2D eigenvalue weighted by Crippen LogP contribution is 2.25. The van der Waals surface area contributed by atoms with Crippen LogP contribution in [0.5, 0.6) is 0 Å². The van der Waals surface area contributed by atoms with Gasteiger partial charge in [-0.2, -0.15) is 0 Å². The molecule has 3 nitrogen and oxygen atoms in total. The molecule has 0 aliphatic heterocycles. The maximum atomic E-state index is 12.0. The van der Waals surface area contributed by atoms with Gasteiger partial charge >= 0.3 is 0 Å². The van der Waals surface area contributed by atoms with Crippen LogP contribution in [0.15, 0.2) is 36.0 Å². The molecule has 2 rings (SSSR count). The maximum absolute atomic E-state index is 12.0. The molecule has 1 saturated carbocycles. The van der Waals surface area contributed by atoms with Gasteiger partial charge in [0.1, 0.15) is 0 Å². The van der Waals surface area contributed by atoms with Gasteiger partial charge in [0.2, 0.25) is 0 Å². The lowest BCUT2D eigenvalue weighted by Crippen LogP contribution is -2.19. The topological polar surface area (TPSA) is 49.3 Å². The molecule has 2 N–H and O–H groups in total. The number of anilines is 1. The highest BCUT2D eigenvalue weighted by atomic mass is 16.3. The van der Waals surface area contributed by atoms with Crippen molar-refractivity contribution in [3.05, 3.63) is 41.6 Å². The van der Waals surface area contributed by atoms with Gasteiger partial charge in [0.05, 0.1) is 6.10 Å². The summed E-state index contributed by atoms with van der Waals surface area (Å²) < 4.78 is 0. The van der Waals surface area contributed by atoms with Crippen LogP contribution < -0.4 is 5.32 Å². The Hall–Kier alpha value is -1.61. The molecule has 19 heavy (non-hydrogen) atoms. The summed E-state index contributed by atoms with van der Waals surface area (Å²) in [7, 11) is 0. The van der Waals surface area contributed by atoms with Gasteiger partial charge in [-0.3, -0.25) is 4.79 Å². The fourth-order valence-electron chi connectivity index (χ4n) is 2.37. The first kappa shape index (κ1) is 13.8. The van der Waals surface area contributed by atoms with Gasteiger partial charge < -0.3 is 10.4 Å². The second-order valence-corrected chi connectivity index (χ2v) is 5.27. The van der Waals surface area contributed by atoms with E-state index >= 15 is 0 Å². The van der Waals surface area contributed by atoms with Crippen LogP contribution in [0.2, 0.25) is 0 Å². The molecular weight excluding hydrogens is 238 g/mol. The van der Waals surface area contributed by atoms with Crippen molar-refractivity contribution in [2.24, 2.45) is 5.92 Å². The summed E-state index contributed by atoms with van der Waals surface area (Å²) in [4.78, 5) is 12.0. The van der Waals surface area contributed by atoms with E-state index in [0.29, 0.717) is 0 Å². The normalized spacial score (nSPS) is 23.4. The largest absolute Gasteiger partial charge is 0.389 e. The fraction of sp³-hybridized carbons (Fsp3) is 0.438. The average Bonchev–Trinajstić information content (AvgIpc) is 2.41. The number of hydrogen-bond acceptors (Lipinski definition) is 3.